The van der Waals surface area contributed by atoms with Gasteiger partial charge in [-0.25, -0.2) is 4.39 Å². The molecule has 0 amide bonds. The van der Waals surface area contributed by atoms with Crippen LogP contribution in [0.15, 0.2) is 53.5 Å². The lowest BCUT2D eigenvalue weighted by molar-refractivity contribution is 0.530. The molecule has 1 aromatic heterocycles. The molecule has 0 spiro atoms. The maximum atomic E-state index is 14.0. The largest absolute Gasteiger partial charge is 0.309 e. The number of nitriles is 1. The van der Waals surface area contributed by atoms with E-state index < -0.39 is 0 Å². The van der Waals surface area contributed by atoms with E-state index in [0.29, 0.717) is 30.0 Å². The molecule has 0 saturated heterocycles. The second-order valence-electron chi connectivity index (χ2n) is 6.07. The van der Waals surface area contributed by atoms with Crippen LogP contribution in [-0.2, 0) is 6.54 Å². The topological polar surface area (TPSA) is 46.0 Å². The van der Waals surface area contributed by atoms with Crippen LogP contribution in [0.5, 0.6) is 0 Å². The first-order valence-electron chi connectivity index (χ1n) is 8.65. The van der Waals surface area contributed by atoms with Crippen molar-refractivity contribution in [1.29, 1.82) is 5.26 Å². The minimum Gasteiger partial charge on any atom is -0.309 e. The number of hydrogen-bond acceptors (Lipinski definition) is 2. The van der Waals surface area contributed by atoms with Crippen LogP contribution < -0.4 is 5.62 Å². The molecule has 3 aromatic rings. The number of fused-ring (bicyclic) bond motifs is 1. The lowest BCUT2D eigenvalue weighted by Crippen LogP contribution is -2.29. The molecule has 0 aliphatic carbocycles. The van der Waals surface area contributed by atoms with E-state index in [4.69, 9.17) is 11.6 Å². The van der Waals surface area contributed by atoms with Gasteiger partial charge in [0.2, 0.25) is 11.8 Å². The number of aryl methyl sites for hydroxylation is 1. The number of alkyl halides is 1. The summed E-state index contributed by atoms with van der Waals surface area (Å²) in [4.78, 5) is 4.09. The first-order chi connectivity index (χ1) is 12.7. The van der Waals surface area contributed by atoms with Crippen molar-refractivity contribution in [2.45, 2.75) is 32.4 Å². The molecule has 3 rings (SSSR count). The Morgan fingerprint density at radius 2 is 1.96 bits per heavy atom. The van der Waals surface area contributed by atoms with Crippen molar-refractivity contribution in [2.24, 2.45) is 4.99 Å². The summed E-state index contributed by atoms with van der Waals surface area (Å²) in [6.45, 7) is 2.75. The zero-order valence-corrected chi connectivity index (χ0v) is 15.3. The molecule has 0 aliphatic heterocycles. The molecule has 0 bridgehead atoms. The van der Waals surface area contributed by atoms with Crippen molar-refractivity contribution in [3.63, 3.8) is 0 Å². The van der Waals surface area contributed by atoms with Crippen LogP contribution in [0.25, 0.3) is 11.0 Å². The molecule has 0 aliphatic rings. The number of imidazole rings is 1. The molecule has 0 radical (unpaired) electrons. The highest BCUT2D eigenvalue weighted by molar-refractivity contribution is 6.17. The second kappa shape index (κ2) is 8.20. The van der Waals surface area contributed by atoms with E-state index in [1.165, 1.54) is 12.1 Å². The van der Waals surface area contributed by atoms with Gasteiger partial charge in [-0.3, -0.25) is 0 Å². The molecule has 1 atom stereocenters. The third kappa shape index (κ3) is 3.38. The molecular weight excluding hydrogens is 351 g/mol. The van der Waals surface area contributed by atoms with Crippen LogP contribution in [0.1, 0.15) is 31.4 Å². The highest BCUT2D eigenvalue weighted by Gasteiger charge is 2.21. The highest BCUT2D eigenvalue weighted by Crippen LogP contribution is 2.27. The van der Waals surface area contributed by atoms with E-state index in [1.807, 2.05) is 45.7 Å². The predicted molar refractivity (Wildman–Crippen MR) is 101 cm³/mol. The summed E-state index contributed by atoms with van der Waals surface area (Å²) in [7, 11) is 0. The van der Waals surface area contributed by atoms with Gasteiger partial charge in [0.1, 0.15) is 5.82 Å². The molecule has 0 fully saturated rings. The first kappa shape index (κ1) is 18.2. The molecule has 6 heteroatoms. The van der Waals surface area contributed by atoms with Crippen LogP contribution in [0.4, 0.5) is 4.39 Å². The van der Waals surface area contributed by atoms with Gasteiger partial charge in [-0.1, -0.05) is 37.3 Å². The molecule has 4 nitrogen and oxygen atoms in total. The Hall–Kier alpha value is -2.58. The molecule has 0 saturated carbocycles. The summed E-state index contributed by atoms with van der Waals surface area (Å²) in [5, 5.41) is 9.26. The van der Waals surface area contributed by atoms with Crippen molar-refractivity contribution >= 4 is 22.6 Å². The van der Waals surface area contributed by atoms with Crippen molar-refractivity contribution in [2.75, 3.05) is 5.88 Å². The van der Waals surface area contributed by atoms with Crippen molar-refractivity contribution < 1.29 is 4.39 Å². The van der Waals surface area contributed by atoms with Crippen LogP contribution >= 0.6 is 11.6 Å². The zero-order valence-electron chi connectivity index (χ0n) is 14.6. The third-order valence-electron chi connectivity index (χ3n) is 4.42. The Morgan fingerprint density at radius 3 is 2.62 bits per heavy atom. The fourth-order valence-corrected chi connectivity index (χ4v) is 3.60. The van der Waals surface area contributed by atoms with Gasteiger partial charge in [0.05, 0.1) is 17.1 Å². The SMILES string of the molecule is CCCn1c(=NC#N)n([C@H](CCCl)c2ccccc2)c2cc(F)ccc21. The summed E-state index contributed by atoms with van der Waals surface area (Å²) >= 11 is 6.09. The lowest BCUT2D eigenvalue weighted by atomic mass is 10.0. The molecule has 0 unspecified atom stereocenters. The van der Waals surface area contributed by atoms with Crippen LogP contribution in [0, 0.1) is 17.3 Å². The van der Waals surface area contributed by atoms with Crippen molar-refractivity contribution in [3.05, 3.63) is 65.5 Å². The Balaban J connectivity index is 2.39. The third-order valence-corrected chi connectivity index (χ3v) is 4.64. The molecule has 1 heterocycles. The fourth-order valence-electron chi connectivity index (χ4n) is 3.40. The van der Waals surface area contributed by atoms with E-state index in [1.54, 1.807) is 6.07 Å². The molecule has 26 heavy (non-hydrogen) atoms. The van der Waals surface area contributed by atoms with E-state index in [-0.39, 0.29) is 11.9 Å². The standard InChI is InChI=1S/C20H20ClFN4/c1-2-12-25-18-9-8-16(22)13-19(18)26(20(25)24-14-23)17(10-11-21)15-6-4-3-5-7-15/h3-9,13,17H,2,10-12H2,1H3/t17-/m1/s1. The van der Waals surface area contributed by atoms with Gasteiger partial charge in [0.25, 0.3) is 0 Å². The summed E-state index contributed by atoms with van der Waals surface area (Å²) in [5.74, 6) is 0.120. The summed E-state index contributed by atoms with van der Waals surface area (Å²) in [5.41, 5.74) is 3.14. The Bertz CT molecular complexity index is 998. The zero-order chi connectivity index (χ0) is 18.5. The monoisotopic (exact) mass is 370 g/mol. The summed E-state index contributed by atoms with van der Waals surface area (Å²) in [6.07, 6.45) is 3.42. The van der Waals surface area contributed by atoms with Gasteiger partial charge >= 0.3 is 0 Å². The fraction of sp³-hybridized carbons (Fsp3) is 0.300. The van der Waals surface area contributed by atoms with Crippen LogP contribution in [-0.4, -0.2) is 15.0 Å². The predicted octanol–water partition coefficient (Wildman–Crippen LogP) is 4.59. The van der Waals surface area contributed by atoms with Crippen molar-refractivity contribution in [1.82, 2.24) is 9.13 Å². The van der Waals surface area contributed by atoms with Gasteiger partial charge in [-0.15, -0.1) is 16.6 Å². The lowest BCUT2D eigenvalue weighted by Gasteiger charge is -2.19. The minimum atomic E-state index is -0.318. The van der Waals surface area contributed by atoms with Gasteiger partial charge in [0.15, 0.2) is 0 Å². The Labute approximate surface area is 156 Å². The summed E-state index contributed by atoms with van der Waals surface area (Å²) in [6, 6.07) is 14.5. The van der Waals surface area contributed by atoms with Gasteiger partial charge < -0.3 is 9.13 Å². The maximum Gasteiger partial charge on any atom is 0.222 e. The number of halogens is 2. The highest BCUT2D eigenvalue weighted by atomic mass is 35.5. The van der Waals surface area contributed by atoms with Gasteiger partial charge in [-0.05, 0) is 36.6 Å². The Kier molecular flexibility index (Phi) is 5.75. The van der Waals surface area contributed by atoms with E-state index in [0.717, 1.165) is 17.5 Å². The average molecular weight is 371 g/mol. The summed E-state index contributed by atoms with van der Waals surface area (Å²) < 4.78 is 18.0. The number of benzene rings is 2. The number of hydrogen-bond donors (Lipinski definition) is 0. The van der Waals surface area contributed by atoms with Crippen molar-refractivity contribution in [3.8, 4) is 6.19 Å². The quantitative estimate of drug-likeness (QED) is 0.462. The van der Waals surface area contributed by atoms with Crippen LogP contribution in [0.2, 0.25) is 0 Å². The first-order valence-corrected chi connectivity index (χ1v) is 9.18. The minimum absolute atomic E-state index is 0.136. The van der Waals surface area contributed by atoms with Gasteiger partial charge in [0, 0.05) is 12.4 Å². The maximum absolute atomic E-state index is 14.0. The number of rotatable bonds is 6. The van der Waals surface area contributed by atoms with E-state index >= 15 is 0 Å². The normalized spacial score (nSPS) is 13.1. The average Bonchev–Trinajstić information content (AvgIpc) is 2.94. The molecular formula is C20H20ClFN4. The smallest absolute Gasteiger partial charge is 0.222 e. The molecule has 134 valence electrons. The van der Waals surface area contributed by atoms with Gasteiger partial charge in [-0.2, -0.15) is 5.26 Å². The second-order valence-corrected chi connectivity index (χ2v) is 6.45. The van der Waals surface area contributed by atoms with E-state index in [2.05, 4.69) is 11.9 Å². The van der Waals surface area contributed by atoms with E-state index in [9.17, 15) is 9.65 Å². The number of aromatic nitrogens is 2. The number of nitrogens with zero attached hydrogens (tertiary/aromatic N) is 4. The van der Waals surface area contributed by atoms with Crippen LogP contribution in [0.3, 0.4) is 0 Å². The molecule has 2 aromatic carbocycles. The molecule has 0 N–H and O–H groups in total. The Morgan fingerprint density at radius 1 is 1.19 bits per heavy atom.